The van der Waals surface area contributed by atoms with Gasteiger partial charge < -0.3 is 14.4 Å². The van der Waals surface area contributed by atoms with Gasteiger partial charge in [0.25, 0.3) is 17.2 Å². The highest BCUT2D eigenvalue weighted by molar-refractivity contribution is 7.99. The van der Waals surface area contributed by atoms with E-state index < -0.39 is 0 Å². The van der Waals surface area contributed by atoms with Gasteiger partial charge in [0.15, 0.2) is 5.16 Å². The molecule has 1 saturated heterocycles. The van der Waals surface area contributed by atoms with E-state index in [1.165, 1.54) is 29.7 Å². The second-order valence-corrected chi connectivity index (χ2v) is 9.20. The number of thioether (sulfide) groups is 2. The summed E-state index contributed by atoms with van der Waals surface area (Å²) in [5.41, 5.74) is 0.572. The molecule has 0 saturated carbocycles. The molecule has 2 aliphatic heterocycles. The van der Waals surface area contributed by atoms with E-state index in [2.05, 4.69) is 20.1 Å². The first-order chi connectivity index (χ1) is 15.5. The van der Waals surface area contributed by atoms with Gasteiger partial charge in [-0.05, 0) is 13.2 Å². The largest absolute Gasteiger partial charge is 0.475 e. The van der Waals surface area contributed by atoms with Crippen LogP contribution in [0.5, 0.6) is 5.88 Å². The average molecular weight is 476 g/mol. The Morgan fingerprint density at radius 1 is 1.38 bits per heavy atom. The quantitative estimate of drug-likeness (QED) is 0.386. The normalized spacial score (nSPS) is 18.2. The van der Waals surface area contributed by atoms with Crippen molar-refractivity contribution in [1.29, 1.82) is 0 Å². The predicted molar refractivity (Wildman–Crippen MR) is 118 cm³/mol. The molecular formula is C19H21N7O4S2. The average Bonchev–Trinajstić information content (AvgIpc) is 3.44. The van der Waals surface area contributed by atoms with Gasteiger partial charge in [-0.3, -0.25) is 14.2 Å². The maximum atomic E-state index is 13.0. The van der Waals surface area contributed by atoms with E-state index >= 15 is 0 Å². The highest BCUT2D eigenvalue weighted by Crippen LogP contribution is 2.21. The number of aryl methyl sites for hydroxylation is 1. The Morgan fingerprint density at radius 3 is 3.09 bits per heavy atom. The molecule has 1 atom stereocenters. The van der Waals surface area contributed by atoms with Crippen LogP contribution >= 0.6 is 23.5 Å². The van der Waals surface area contributed by atoms with Gasteiger partial charge in [-0.25, -0.2) is 9.97 Å². The van der Waals surface area contributed by atoms with Crippen LogP contribution < -0.4 is 10.3 Å². The predicted octanol–water partition coefficient (Wildman–Crippen LogP) is 0.737. The van der Waals surface area contributed by atoms with Gasteiger partial charge in [-0.15, -0.1) is 5.10 Å². The molecule has 0 N–H and O–H groups in total. The lowest BCUT2D eigenvalue weighted by Gasteiger charge is -2.32. The van der Waals surface area contributed by atoms with Gasteiger partial charge in [0.2, 0.25) is 11.0 Å². The highest BCUT2D eigenvalue weighted by Gasteiger charge is 2.29. The third kappa shape index (κ3) is 3.95. The summed E-state index contributed by atoms with van der Waals surface area (Å²) in [6, 6.07) is 1.78. The molecule has 0 spiro atoms. The van der Waals surface area contributed by atoms with Crippen LogP contribution in [0, 0.1) is 6.92 Å². The fourth-order valence-corrected chi connectivity index (χ4v) is 4.89. The molecule has 32 heavy (non-hydrogen) atoms. The van der Waals surface area contributed by atoms with Gasteiger partial charge in [-0.1, -0.05) is 23.5 Å². The van der Waals surface area contributed by atoms with Crippen LogP contribution in [0.2, 0.25) is 0 Å². The Morgan fingerprint density at radius 2 is 2.25 bits per heavy atom. The Labute approximate surface area is 191 Å². The molecule has 3 aromatic heterocycles. The number of rotatable bonds is 5. The molecule has 11 nitrogen and oxygen atoms in total. The lowest BCUT2D eigenvalue weighted by atomic mass is 10.2. The summed E-state index contributed by atoms with van der Waals surface area (Å²) >= 11 is 2.94. The summed E-state index contributed by atoms with van der Waals surface area (Å²) < 4.78 is 14.9. The van der Waals surface area contributed by atoms with Crippen molar-refractivity contribution in [3.05, 3.63) is 33.9 Å². The van der Waals surface area contributed by atoms with Crippen LogP contribution in [0.15, 0.2) is 27.4 Å². The SMILES string of the molecule is CSc1nc2nc(C)cc(OCC3CN(C(=O)c4cnc5n(c4=O)CCS5)CCO3)n2n1. The van der Waals surface area contributed by atoms with Gasteiger partial charge in [0, 0.05) is 36.8 Å². The molecule has 0 bridgehead atoms. The fourth-order valence-electron chi connectivity index (χ4n) is 3.64. The Bertz CT molecular complexity index is 1240. The lowest BCUT2D eigenvalue weighted by Crippen LogP contribution is -2.49. The summed E-state index contributed by atoms with van der Waals surface area (Å²) in [6.45, 7) is 3.74. The number of fused-ring (bicyclic) bond motifs is 2. The molecule has 1 fully saturated rings. The van der Waals surface area contributed by atoms with Crippen molar-refractivity contribution >= 4 is 35.2 Å². The standard InChI is InChI=1S/C19H21N7O4S2/c1-11-7-14(26-17(21-11)22-18(23-26)31-2)30-10-12-9-24(3-5-29-12)15(27)13-8-20-19-25(16(13)28)4-6-32-19/h7-8,12H,3-6,9-10H2,1-2H3. The van der Waals surface area contributed by atoms with Crippen molar-refractivity contribution in [2.45, 2.75) is 29.9 Å². The first kappa shape index (κ1) is 21.2. The van der Waals surface area contributed by atoms with Crippen molar-refractivity contribution in [3.63, 3.8) is 0 Å². The molecule has 0 aliphatic carbocycles. The van der Waals surface area contributed by atoms with E-state index in [1.54, 1.807) is 20.0 Å². The van der Waals surface area contributed by atoms with Crippen LogP contribution in [-0.4, -0.2) is 84.4 Å². The molecule has 1 amide bonds. The number of morpholine rings is 1. The molecule has 0 aromatic carbocycles. The molecule has 2 aliphatic rings. The van der Waals surface area contributed by atoms with Crippen LogP contribution in [0.3, 0.4) is 0 Å². The minimum atomic E-state index is -0.347. The molecule has 0 radical (unpaired) electrons. The minimum Gasteiger partial charge on any atom is -0.475 e. The third-order valence-electron chi connectivity index (χ3n) is 5.20. The van der Waals surface area contributed by atoms with E-state index in [1.807, 2.05) is 13.2 Å². The molecule has 168 valence electrons. The van der Waals surface area contributed by atoms with E-state index in [9.17, 15) is 9.59 Å². The van der Waals surface area contributed by atoms with E-state index in [0.29, 0.717) is 48.2 Å². The number of nitrogens with zero attached hydrogens (tertiary/aromatic N) is 7. The van der Waals surface area contributed by atoms with Crippen molar-refractivity contribution < 1.29 is 14.3 Å². The number of aromatic nitrogens is 6. The van der Waals surface area contributed by atoms with Gasteiger partial charge >= 0.3 is 0 Å². The Balaban J connectivity index is 1.29. The molecule has 1 unspecified atom stereocenters. The summed E-state index contributed by atoms with van der Waals surface area (Å²) in [5, 5.41) is 5.65. The van der Waals surface area contributed by atoms with Crippen LogP contribution in [0.25, 0.3) is 5.78 Å². The zero-order valence-corrected chi connectivity index (χ0v) is 19.2. The molecule has 13 heteroatoms. The van der Waals surface area contributed by atoms with E-state index in [0.717, 1.165) is 11.4 Å². The van der Waals surface area contributed by atoms with Crippen molar-refractivity contribution in [3.8, 4) is 5.88 Å². The molecule has 5 rings (SSSR count). The topological polar surface area (TPSA) is 117 Å². The molecular weight excluding hydrogens is 454 g/mol. The van der Waals surface area contributed by atoms with Gasteiger partial charge in [0.05, 0.1) is 13.2 Å². The number of hydrogen-bond acceptors (Lipinski definition) is 10. The molecule has 5 heterocycles. The maximum absolute atomic E-state index is 13.0. The van der Waals surface area contributed by atoms with Gasteiger partial charge in [0.1, 0.15) is 18.3 Å². The van der Waals surface area contributed by atoms with Crippen LogP contribution in [0.1, 0.15) is 16.1 Å². The van der Waals surface area contributed by atoms with Crippen LogP contribution in [0.4, 0.5) is 0 Å². The number of carbonyl (C=O) groups is 1. The second kappa shape index (κ2) is 8.71. The monoisotopic (exact) mass is 475 g/mol. The van der Waals surface area contributed by atoms with Crippen molar-refractivity contribution in [2.75, 3.05) is 38.3 Å². The first-order valence-corrected chi connectivity index (χ1v) is 12.3. The summed E-state index contributed by atoms with van der Waals surface area (Å²) in [4.78, 5) is 40.4. The maximum Gasteiger partial charge on any atom is 0.267 e. The number of amides is 1. The van der Waals surface area contributed by atoms with Gasteiger partial charge in [-0.2, -0.15) is 9.50 Å². The van der Waals surface area contributed by atoms with E-state index in [4.69, 9.17) is 9.47 Å². The Hall–Kier alpha value is -2.64. The van der Waals surface area contributed by atoms with E-state index in [-0.39, 0.29) is 29.7 Å². The number of hydrogen-bond donors (Lipinski definition) is 0. The molecule has 3 aromatic rings. The first-order valence-electron chi connectivity index (χ1n) is 10.1. The fraction of sp³-hybridized carbons (Fsp3) is 0.474. The smallest absolute Gasteiger partial charge is 0.267 e. The summed E-state index contributed by atoms with van der Waals surface area (Å²) in [5.74, 6) is 1.44. The van der Waals surface area contributed by atoms with Crippen molar-refractivity contribution in [1.82, 2.24) is 34.0 Å². The number of ether oxygens (including phenoxy) is 2. The minimum absolute atomic E-state index is 0.0940. The Kier molecular flexibility index (Phi) is 5.78. The number of carbonyl (C=O) groups excluding carboxylic acids is 1. The zero-order chi connectivity index (χ0) is 22.2. The lowest BCUT2D eigenvalue weighted by molar-refractivity contribution is -0.0411. The zero-order valence-electron chi connectivity index (χ0n) is 17.6. The second-order valence-electron chi connectivity index (χ2n) is 7.36. The van der Waals surface area contributed by atoms with Crippen molar-refractivity contribution in [2.24, 2.45) is 0 Å². The van der Waals surface area contributed by atoms with Crippen LogP contribution in [-0.2, 0) is 11.3 Å². The summed E-state index contributed by atoms with van der Waals surface area (Å²) in [7, 11) is 0. The summed E-state index contributed by atoms with van der Waals surface area (Å²) in [6.07, 6.45) is 2.94. The highest BCUT2D eigenvalue weighted by atomic mass is 32.2. The third-order valence-corrected chi connectivity index (χ3v) is 6.71.